The molecule has 0 aromatic heterocycles. The van der Waals surface area contributed by atoms with Gasteiger partial charge in [0.15, 0.2) is 17.5 Å². The van der Waals surface area contributed by atoms with Gasteiger partial charge in [-0.3, -0.25) is 4.99 Å². The van der Waals surface area contributed by atoms with E-state index in [1.807, 2.05) is 12.1 Å². The minimum atomic E-state index is 0.131. The van der Waals surface area contributed by atoms with Crippen molar-refractivity contribution in [3.05, 3.63) is 59.2 Å². The van der Waals surface area contributed by atoms with Crippen LogP contribution in [0.5, 0.6) is 11.5 Å². The molecule has 0 bridgehead atoms. The fourth-order valence-electron chi connectivity index (χ4n) is 3.99. The van der Waals surface area contributed by atoms with E-state index in [0.717, 1.165) is 56.4 Å². The van der Waals surface area contributed by atoms with Crippen molar-refractivity contribution >= 4 is 5.96 Å². The number of benzene rings is 2. The number of aliphatic imine (C=N–C) groups is 1. The van der Waals surface area contributed by atoms with Gasteiger partial charge in [-0.05, 0) is 49.4 Å². The quantitative estimate of drug-likeness (QED) is 0.496. The second kappa shape index (κ2) is 11.6. The first kappa shape index (κ1) is 22.9. The average Bonchev–Trinajstić information content (AvgIpc) is 2.82. The summed E-state index contributed by atoms with van der Waals surface area (Å²) in [5.74, 6) is 2.73. The summed E-state index contributed by atoms with van der Waals surface area (Å²) in [5.41, 5.74) is 3.71. The molecular formula is C25H35N3O3. The number of ether oxygens (including phenoxy) is 3. The van der Waals surface area contributed by atoms with Gasteiger partial charge in [0, 0.05) is 32.7 Å². The molecule has 0 amide bonds. The second-order valence-electron chi connectivity index (χ2n) is 7.92. The van der Waals surface area contributed by atoms with Crippen LogP contribution in [0.3, 0.4) is 0 Å². The lowest BCUT2D eigenvalue weighted by molar-refractivity contribution is -0.0265. The standard InChI is InChI=1S/C25H35N3O3/c1-18-7-10-20(11-8-18)24-21(6-5-15-31-24)17-28-25(26-2)27-14-13-19-9-12-22(29-3)23(16-19)30-4/h7-12,16,21,24H,5-6,13-15,17H2,1-4H3,(H2,26,27,28). The van der Waals surface area contributed by atoms with Gasteiger partial charge in [0.2, 0.25) is 0 Å². The third-order valence-electron chi connectivity index (χ3n) is 5.76. The van der Waals surface area contributed by atoms with E-state index in [1.165, 1.54) is 16.7 Å². The van der Waals surface area contributed by atoms with E-state index in [-0.39, 0.29) is 6.10 Å². The van der Waals surface area contributed by atoms with Gasteiger partial charge >= 0.3 is 0 Å². The highest BCUT2D eigenvalue weighted by molar-refractivity contribution is 5.79. The second-order valence-corrected chi connectivity index (χ2v) is 7.92. The molecule has 2 aromatic carbocycles. The highest BCUT2D eigenvalue weighted by Crippen LogP contribution is 2.33. The molecule has 2 aromatic rings. The smallest absolute Gasteiger partial charge is 0.190 e. The lowest BCUT2D eigenvalue weighted by atomic mass is 9.89. The van der Waals surface area contributed by atoms with Crippen molar-refractivity contribution in [1.82, 2.24) is 10.6 Å². The Morgan fingerprint density at radius 1 is 1.06 bits per heavy atom. The van der Waals surface area contributed by atoms with Crippen LogP contribution >= 0.6 is 0 Å². The van der Waals surface area contributed by atoms with E-state index in [4.69, 9.17) is 14.2 Å². The van der Waals surface area contributed by atoms with Crippen LogP contribution in [0.25, 0.3) is 0 Å². The molecule has 1 aliphatic rings. The van der Waals surface area contributed by atoms with Crippen LogP contribution in [0.4, 0.5) is 0 Å². The summed E-state index contributed by atoms with van der Waals surface area (Å²) < 4.78 is 16.8. The number of nitrogens with zero attached hydrogens (tertiary/aromatic N) is 1. The predicted octanol–water partition coefficient (Wildman–Crippen LogP) is 3.89. The Hall–Kier alpha value is -2.73. The molecular weight excluding hydrogens is 390 g/mol. The number of rotatable bonds is 8. The summed E-state index contributed by atoms with van der Waals surface area (Å²) in [6.45, 7) is 4.54. The Balaban J connectivity index is 1.51. The summed E-state index contributed by atoms with van der Waals surface area (Å²) in [4.78, 5) is 4.38. The van der Waals surface area contributed by atoms with Crippen LogP contribution in [-0.2, 0) is 11.2 Å². The third-order valence-corrected chi connectivity index (χ3v) is 5.76. The molecule has 0 saturated carbocycles. The molecule has 2 atom stereocenters. The summed E-state index contributed by atoms with van der Waals surface area (Å²) in [7, 11) is 5.11. The summed E-state index contributed by atoms with van der Waals surface area (Å²) in [6.07, 6.45) is 3.24. The van der Waals surface area contributed by atoms with Gasteiger partial charge in [-0.2, -0.15) is 0 Å². The fraction of sp³-hybridized carbons (Fsp3) is 0.480. The first-order valence-corrected chi connectivity index (χ1v) is 11.0. The van der Waals surface area contributed by atoms with Gasteiger partial charge in [-0.1, -0.05) is 35.9 Å². The molecule has 0 spiro atoms. The van der Waals surface area contributed by atoms with Crippen LogP contribution in [0.2, 0.25) is 0 Å². The van der Waals surface area contributed by atoms with Gasteiger partial charge in [0.25, 0.3) is 0 Å². The Kier molecular flexibility index (Phi) is 8.59. The number of methoxy groups -OCH3 is 2. The fourth-order valence-corrected chi connectivity index (χ4v) is 3.99. The van der Waals surface area contributed by atoms with Crippen molar-refractivity contribution in [2.45, 2.75) is 32.3 Å². The molecule has 2 N–H and O–H groups in total. The van der Waals surface area contributed by atoms with E-state index in [0.29, 0.717) is 5.92 Å². The molecule has 1 aliphatic heterocycles. The molecule has 1 heterocycles. The van der Waals surface area contributed by atoms with Crippen molar-refractivity contribution in [1.29, 1.82) is 0 Å². The van der Waals surface area contributed by atoms with Crippen LogP contribution in [-0.4, -0.2) is 46.9 Å². The number of guanidine groups is 1. The molecule has 1 fully saturated rings. The zero-order chi connectivity index (χ0) is 22.1. The molecule has 0 aliphatic carbocycles. The van der Waals surface area contributed by atoms with Crippen LogP contribution in [0.15, 0.2) is 47.5 Å². The maximum Gasteiger partial charge on any atom is 0.190 e. The number of nitrogens with one attached hydrogen (secondary N) is 2. The zero-order valence-corrected chi connectivity index (χ0v) is 19.1. The molecule has 1 saturated heterocycles. The largest absolute Gasteiger partial charge is 0.493 e. The van der Waals surface area contributed by atoms with Gasteiger partial charge in [0.1, 0.15) is 0 Å². The van der Waals surface area contributed by atoms with Gasteiger partial charge in [0.05, 0.1) is 20.3 Å². The van der Waals surface area contributed by atoms with E-state index in [2.05, 4.69) is 52.9 Å². The van der Waals surface area contributed by atoms with Crippen LogP contribution in [0, 0.1) is 12.8 Å². The minimum Gasteiger partial charge on any atom is -0.493 e. The number of hydrogen-bond donors (Lipinski definition) is 2. The first-order valence-electron chi connectivity index (χ1n) is 11.0. The number of aryl methyl sites for hydroxylation is 1. The Morgan fingerprint density at radius 3 is 2.55 bits per heavy atom. The normalized spacial score (nSPS) is 19.0. The maximum absolute atomic E-state index is 6.14. The lowest BCUT2D eigenvalue weighted by Crippen LogP contribution is -2.42. The van der Waals surface area contributed by atoms with Crippen LogP contribution in [0.1, 0.15) is 35.6 Å². The summed E-state index contributed by atoms with van der Waals surface area (Å²) >= 11 is 0. The molecule has 3 rings (SSSR count). The van der Waals surface area contributed by atoms with Crippen molar-refractivity contribution in [3.8, 4) is 11.5 Å². The summed E-state index contributed by atoms with van der Waals surface area (Å²) in [5, 5.41) is 6.90. The van der Waals surface area contributed by atoms with Crippen molar-refractivity contribution in [2.24, 2.45) is 10.9 Å². The minimum absolute atomic E-state index is 0.131. The lowest BCUT2D eigenvalue weighted by Gasteiger charge is -2.32. The molecule has 6 heteroatoms. The molecule has 0 radical (unpaired) electrons. The molecule has 2 unspecified atom stereocenters. The number of hydrogen-bond acceptors (Lipinski definition) is 4. The van der Waals surface area contributed by atoms with Crippen molar-refractivity contribution in [3.63, 3.8) is 0 Å². The highest BCUT2D eigenvalue weighted by Gasteiger charge is 2.27. The van der Waals surface area contributed by atoms with Gasteiger partial charge in [-0.25, -0.2) is 0 Å². The highest BCUT2D eigenvalue weighted by atomic mass is 16.5. The summed E-state index contributed by atoms with van der Waals surface area (Å²) in [6, 6.07) is 14.7. The molecule has 31 heavy (non-hydrogen) atoms. The first-order chi connectivity index (χ1) is 15.1. The monoisotopic (exact) mass is 425 g/mol. The SMILES string of the molecule is CN=C(NCCc1ccc(OC)c(OC)c1)NCC1CCCOC1c1ccc(C)cc1. The Morgan fingerprint density at radius 2 is 1.84 bits per heavy atom. The Bertz CT molecular complexity index is 852. The predicted molar refractivity (Wildman–Crippen MR) is 125 cm³/mol. The van der Waals surface area contributed by atoms with E-state index >= 15 is 0 Å². The third kappa shape index (κ3) is 6.37. The van der Waals surface area contributed by atoms with Gasteiger partial charge in [-0.15, -0.1) is 0 Å². The average molecular weight is 426 g/mol. The van der Waals surface area contributed by atoms with Crippen LogP contribution < -0.4 is 20.1 Å². The topological polar surface area (TPSA) is 64.1 Å². The molecule has 168 valence electrons. The Labute approximate surface area is 186 Å². The van der Waals surface area contributed by atoms with E-state index in [9.17, 15) is 0 Å². The van der Waals surface area contributed by atoms with Crippen molar-refractivity contribution < 1.29 is 14.2 Å². The van der Waals surface area contributed by atoms with Gasteiger partial charge < -0.3 is 24.8 Å². The maximum atomic E-state index is 6.14. The zero-order valence-electron chi connectivity index (χ0n) is 19.1. The molecule has 6 nitrogen and oxygen atoms in total. The van der Waals surface area contributed by atoms with E-state index < -0.39 is 0 Å². The van der Waals surface area contributed by atoms with E-state index in [1.54, 1.807) is 21.3 Å². The van der Waals surface area contributed by atoms with Crippen molar-refractivity contribution in [2.75, 3.05) is 41.0 Å².